The van der Waals surface area contributed by atoms with Crippen LogP contribution in [0.25, 0.3) is 0 Å². The van der Waals surface area contributed by atoms with Gasteiger partial charge < -0.3 is 5.11 Å². The van der Waals surface area contributed by atoms with Crippen molar-refractivity contribution in [1.29, 1.82) is 0 Å². The third-order valence-electron chi connectivity index (χ3n) is 1.61. The van der Waals surface area contributed by atoms with E-state index < -0.39 is 42.0 Å². The number of carbonyl (C=O) groups is 1. The highest BCUT2D eigenvalue weighted by atomic mass is 32.2. The van der Waals surface area contributed by atoms with Gasteiger partial charge in [-0.1, -0.05) is 0 Å². The van der Waals surface area contributed by atoms with Crippen molar-refractivity contribution in [2.75, 3.05) is 13.2 Å². The van der Waals surface area contributed by atoms with Crippen LogP contribution in [0.4, 0.5) is 18.0 Å². The molecule has 1 atom stereocenters. The molecule has 0 aromatic rings. The predicted octanol–water partition coefficient (Wildman–Crippen LogP) is 0.146. The zero-order valence-electron chi connectivity index (χ0n) is 7.47. The topological polar surface area (TPSA) is 93.1 Å². The summed E-state index contributed by atoms with van der Waals surface area (Å²) >= 11 is 0. The average molecular weight is 265 g/mol. The molecule has 1 fully saturated rings. The van der Waals surface area contributed by atoms with Gasteiger partial charge in [0, 0.05) is 0 Å². The van der Waals surface area contributed by atoms with E-state index in [-0.39, 0.29) is 4.31 Å². The van der Waals surface area contributed by atoms with E-state index in [0.29, 0.717) is 0 Å². The molecule has 0 unspecified atom stereocenters. The van der Waals surface area contributed by atoms with E-state index >= 15 is 0 Å². The molecule has 0 aromatic heterocycles. The lowest BCUT2D eigenvalue weighted by atomic mass is 10.3. The fraction of sp³-hybridized carbons (Fsp3) is 0.800. The quantitative estimate of drug-likeness (QED) is 0.763. The molecule has 0 aromatic carbocycles. The molecule has 1 aliphatic heterocycles. The average Bonchev–Trinajstić information content (AvgIpc) is 2.36. The molecule has 1 aliphatic rings. The van der Waals surface area contributed by atoms with Crippen molar-refractivity contribution in [1.82, 2.24) is 4.31 Å². The van der Waals surface area contributed by atoms with Gasteiger partial charge in [0.2, 0.25) is 0 Å². The molecule has 94 valence electrons. The molecule has 0 aliphatic carbocycles. The number of halogens is 3. The normalized spacial score (nSPS) is 24.7. The number of rotatable bonds is 2. The third kappa shape index (κ3) is 2.96. The summed E-state index contributed by atoms with van der Waals surface area (Å²) in [5, 5.41) is 8.48. The second kappa shape index (κ2) is 4.07. The van der Waals surface area contributed by atoms with E-state index in [9.17, 15) is 26.4 Å². The van der Waals surface area contributed by atoms with E-state index in [4.69, 9.17) is 5.11 Å². The Morgan fingerprint density at radius 3 is 2.56 bits per heavy atom. The van der Waals surface area contributed by atoms with Crippen molar-refractivity contribution in [3.63, 3.8) is 0 Å². The van der Waals surface area contributed by atoms with Crippen LogP contribution in [0.15, 0.2) is 0 Å². The van der Waals surface area contributed by atoms with Crippen LogP contribution in [-0.2, 0) is 19.2 Å². The first-order valence-corrected chi connectivity index (χ1v) is 5.12. The second-order valence-electron chi connectivity index (χ2n) is 2.73. The van der Waals surface area contributed by atoms with Gasteiger partial charge in [-0.2, -0.15) is 12.7 Å². The van der Waals surface area contributed by atoms with E-state index in [1.54, 1.807) is 0 Å². The Labute approximate surface area is 87.6 Å². The van der Waals surface area contributed by atoms with Crippen LogP contribution in [-0.4, -0.2) is 49.5 Å². The second-order valence-corrected chi connectivity index (χ2v) is 4.22. The molecule has 0 radical (unpaired) electrons. The van der Waals surface area contributed by atoms with Gasteiger partial charge in [0.05, 0.1) is 13.2 Å². The minimum Gasteiger partial charge on any atom is -0.464 e. The van der Waals surface area contributed by atoms with Crippen molar-refractivity contribution in [3.05, 3.63) is 0 Å². The first kappa shape index (κ1) is 13.0. The van der Waals surface area contributed by atoms with E-state index in [2.05, 4.69) is 8.92 Å². The van der Waals surface area contributed by atoms with Crippen LogP contribution < -0.4 is 0 Å². The lowest BCUT2D eigenvalue weighted by Crippen LogP contribution is -2.42. The number of hydrogen-bond acceptors (Lipinski definition) is 5. The Morgan fingerprint density at radius 1 is 1.56 bits per heavy atom. The molecule has 11 heteroatoms. The molecule has 0 spiro atoms. The molecule has 1 amide bonds. The number of carboxylic acid groups (broad SMARTS) is 1. The first-order valence-electron chi connectivity index (χ1n) is 3.76. The van der Waals surface area contributed by atoms with Gasteiger partial charge in [0.15, 0.2) is 0 Å². The molecule has 16 heavy (non-hydrogen) atoms. The summed E-state index contributed by atoms with van der Waals surface area (Å²) in [6, 6.07) is -1.54. The summed E-state index contributed by atoms with van der Waals surface area (Å²) < 4.78 is 64.0. The fourth-order valence-corrected chi connectivity index (χ4v) is 2.15. The van der Waals surface area contributed by atoms with Crippen molar-refractivity contribution in [3.8, 4) is 0 Å². The number of alkyl halides is 3. The predicted molar refractivity (Wildman–Crippen MR) is 40.5 cm³/mol. The zero-order chi connectivity index (χ0) is 12.6. The number of amides is 1. The van der Waals surface area contributed by atoms with Gasteiger partial charge >= 0.3 is 22.8 Å². The summed E-state index contributed by atoms with van der Waals surface area (Å²) in [5.41, 5.74) is 0. The molecule has 1 rings (SSSR count). The van der Waals surface area contributed by atoms with Crippen LogP contribution >= 0.6 is 0 Å². The Hall–Kier alpha value is -1.07. The Morgan fingerprint density at radius 2 is 2.12 bits per heavy atom. The highest BCUT2D eigenvalue weighted by Gasteiger charge is 2.44. The van der Waals surface area contributed by atoms with E-state index in [0.717, 1.165) is 0 Å². The number of ether oxygens (including phenoxy) is 1. The van der Waals surface area contributed by atoms with Gasteiger partial charge in [-0.15, -0.1) is 13.2 Å². The van der Waals surface area contributed by atoms with Gasteiger partial charge in [0.1, 0.15) is 6.04 Å². The van der Waals surface area contributed by atoms with Crippen LogP contribution in [0.5, 0.6) is 0 Å². The molecule has 0 saturated carbocycles. The Bertz CT molecular complexity index is 378. The van der Waals surface area contributed by atoms with Crippen LogP contribution in [0.1, 0.15) is 0 Å². The molecular formula is C5H6F3NO6S. The summed E-state index contributed by atoms with van der Waals surface area (Å²) in [7, 11) is -4.52. The van der Waals surface area contributed by atoms with Crippen LogP contribution in [0.3, 0.4) is 0 Å². The standard InChI is InChI=1S/C5H6F3NO6S/c6-5(7,8)14-1-3-2-15-16(12,13)9(3)4(10)11/h3H,1-2H2,(H,10,11)/t3-/m0/s1. The maximum absolute atomic E-state index is 11.7. The number of nitrogens with zero attached hydrogens (tertiary/aromatic N) is 1. The highest BCUT2D eigenvalue weighted by molar-refractivity contribution is 7.85. The maximum Gasteiger partial charge on any atom is 0.522 e. The van der Waals surface area contributed by atoms with Crippen LogP contribution in [0.2, 0.25) is 0 Å². The SMILES string of the molecule is O=C(O)N1[C@@H](COC(F)(F)F)COS1(=O)=O. The van der Waals surface area contributed by atoms with Gasteiger partial charge in [-0.05, 0) is 0 Å². The highest BCUT2D eigenvalue weighted by Crippen LogP contribution is 2.22. The van der Waals surface area contributed by atoms with Gasteiger partial charge in [-0.25, -0.2) is 4.79 Å². The molecular weight excluding hydrogens is 259 g/mol. The molecule has 1 heterocycles. The monoisotopic (exact) mass is 265 g/mol. The van der Waals surface area contributed by atoms with Gasteiger partial charge in [0.25, 0.3) is 0 Å². The smallest absolute Gasteiger partial charge is 0.464 e. The summed E-state index contributed by atoms with van der Waals surface area (Å²) in [5.74, 6) is 0. The molecule has 1 saturated heterocycles. The van der Waals surface area contributed by atoms with Gasteiger partial charge in [-0.3, -0.25) is 8.92 Å². The largest absolute Gasteiger partial charge is 0.522 e. The molecule has 1 N–H and O–H groups in total. The minimum atomic E-state index is -4.96. The van der Waals surface area contributed by atoms with Crippen LogP contribution in [0, 0.1) is 0 Å². The number of hydrogen-bond donors (Lipinski definition) is 1. The lowest BCUT2D eigenvalue weighted by Gasteiger charge is -2.17. The minimum absolute atomic E-state index is 0.210. The first-order chi connectivity index (χ1) is 7.13. The van der Waals surface area contributed by atoms with Crippen molar-refractivity contribution < 1.29 is 40.4 Å². The summed E-state index contributed by atoms with van der Waals surface area (Å²) in [6.45, 7) is -1.85. The van der Waals surface area contributed by atoms with E-state index in [1.165, 1.54) is 0 Å². The summed E-state index contributed by atoms with van der Waals surface area (Å²) in [4.78, 5) is 10.5. The van der Waals surface area contributed by atoms with Crippen molar-refractivity contribution in [2.45, 2.75) is 12.4 Å². The maximum atomic E-state index is 11.7. The summed E-state index contributed by atoms with van der Waals surface area (Å²) in [6.07, 6.45) is -6.88. The lowest BCUT2D eigenvalue weighted by molar-refractivity contribution is -0.327. The van der Waals surface area contributed by atoms with Crippen molar-refractivity contribution in [2.24, 2.45) is 0 Å². The zero-order valence-corrected chi connectivity index (χ0v) is 8.29. The fourth-order valence-electron chi connectivity index (χ4n) is 1.03. The van der Waals surface area contributed by atoms with Crippen molar-refractivity contribution >= 4 is 16.4 Å². The Kier molecular flexibility index (Phi) is 3.30. The Balaban J connectivity index is 2.72. The van der Waals surface area contributed by atoms with E-state index in [1.807, 2.05) is 0 Å². The molecule has 0 bridgehead atoms. The molecule has 7 nitrogen and oxygen atoms in total. The third-order valence-corrected chi connectivity index (χ3v) is 2.98.